The van der Waals surface area contributed by atoms with Crippen LogP contribution in [0.3, 0.4) is 0 Å². The number of nitro benzene ring substituents is 1. The normalized spacial score (nSPS) is 11.7. The Morgan fingerprint density at radius 2 is 1.78 bits per heavy atom. The van der Waals surface area contributed by atoms with Crippen LogP contribution < -0.4 is 14.9 Å². The monoisotopic (exact) mass is 560 g/mol. The van der Waals surface area contributed by atoms with E-state index >= 15 is 0 Å². The fourth-order valence-electron chi connectivity index (χ4n) is 4.02. The Balaban J connectivity index is 1.37. The second-order valence-electron chi connectivity index (χ2n) is 8.94. The van der Waals surface area contributed by atoms with Crippen molar-refractivity contribution in [2.24, 2.45) is 5.10 Å². The van der Waals surface area contributed by atoms with Crippen molar-refractivity contribution in [1.82, 2.24) is 9.99 Å². The predicted molar refractivity (Wildman–Crippen MR) is 149 cm³/mol. The van der Waals surface area contributed by atoms with Gasteiger partial charge in [0.25, 0.3) is 0 Å². The van der Waals surface area contributed by atoms with Crippen molar-refractivity contribution in [3.05, 3.63) is 105 Å². The SMILES string of the molecule is COC(=O)[C@H](C)Oc1c(/C=N/NC(=O)c2ccc(COc3ccc(-n4c(C)ccc4C)cc3)o2)cccc1[N+](=O)[O-]. The van der Waals surface area contributed by atoms with Crippen molar-refractivity contribution < 1.29 is 33.1 Å². The number of aromatic nitrogens is 1. The third kappa shape index (κ3) is 6.79. The highest BCUT2D eigenvalue weighted by molar-refractivity contribution is 5.93. The summed E-state index contributed by atoms with van der Waals surface area (Å²) in [6.45, 7) is 5.58. The van der Waals surface area contributed by atoms with Gasteiger partial charge in [-0.15, -0.1) is 0 Å². The maximum atomic E-state index is 12.5. The molecule has 12 heteroatoms. The number of benzene rings is 2. The third-order valence-corrected chi connectivity index (χ3v) is 6.05. The molecule has 1 amide bonds. The van der Waals surface area contributed by atoms with E-state index in [-0.39, 0.29) is 29.4 Å². The topological polar surface area (TPSA) is 147 Å². The van der Waals surface area contributed by atoms with Crippen LogP contribution in [0.5, 0.6) is 11.5 Å². The molecule has 0 unspecified atom stereocenters. The second kappa shape index (κ2) is 12.6. The number of nitrogens with one attached hydrogen (secondary N) is 1. The van der Waals surface area contributed by atoms with E-state index in [0.29, 0.717) is 11.5 Å². The highest BCUT2D eigenvalue weighted by atomic mass is 16.6. The van der Waals surface area contributed by atoms with Gasteiger partial charge in [0.2, 0.25) is 5.75 Å². The number of hydrazone groups is 1. The van der Waals surface area contributed by atoms with Crippen LogP contribution in [0.2, 0.25) is 0 Å². The number of amides is 1. The van der Waals surface area contributed by atoms with Gasteiger partial charge in [0, 0.05) is 28.7 Å². The molecule has 0 aliphatic heterocycles. The molecule has 212 valence electrons. The summed E-state index contributed by atoms with van der Waals surface area (Å²) in [5, 5.41) is 15.3. The summed E-state index contributed by atoms with van der Waals surface area (Å²) in [6, 6.07) is 19.0. The first-order valence-corrected chi connectivity index (χ1v) is 12.5. The highest BCUT2D eigenvalue weighted by Crippen LogP contribution is 2.31. The van der Waals surface area contributed by atoms with Crippen LogP contribution in [0.1, 0.15) is 40.2 Å². The van der Waals surface area contributed by atoms with Crippen molar-refractivity contribution in [3.63, 3.8) is 0 Å². The number of ether oxygens (including phenoxy) is 3. The zero-order chi connectivity index (χ0) is 29.5. The number of carbonyl (C=O) groups excluding carboxylic acids is 2. The first-order chi connectivity index (χ1) is 19.7. The van der Waals surface area contributed by atoms with Gasteiger partial charge >= 0.3 is 17.6 Å². The predicted octanol–water partition coefficient (Wildman–Crippen LogP) is 4.88. The van der Waals surface area contributed by atoms with E-state index in [9.17, 15) is 19.7 Å². The van der Waals surface area contributed by atoms with E-state index in [1.807, 2.05) is 38.1 Å². The number of aryl methyl sites for hydroxylation is 2. The molecular weight excluding hydrogens is 532 g/mol. The number of nitro groups is 1. The van der Waals surface area contributed by atoms with E-state index in [4.69, 9.17) is 13.9 Å². The molecule has 0 aliphatic rings. The summed E-state index contributed by atoms with van der Waals surface area (Å²) in [5.41, 5.74) is 5.38. The van der Waals surface area contributed by atoms with E-state index in [0.717, 1.165) is 23.3 Å². The summed E-state index contributed by atoms with van der Waals surface area (Å²) in [7, 11) is 1.18. The molecule has 4 rings (SSSR count). The molecule has 12 nitrogen and oxygen atoms in total. The van der Waals surface area contributed by atoms with Crippen molar-refractivity contribution in [1.29, 1.82) is 0 Å². The lowest BCUT2D eigenvalue weighted by atomic mass is 10.2. The van der Waals surface area contributed by atoms with E-state index in [1.165, 1.54) is 38.3 Å². The molecule has 0 saturated carbocycles. The smallest absolute Gasteiger partial charge is 0.346 e. The van der Waals surface area contributed by atoms with Gasteiger partial charge in [-0.2, -0.15) is 5.10 Å². The number of nitrogens with zero attached hydrogens (tertiary/aromatic N) is 3. The summed E-state index contributed by atoms with van der Waals surface area (Å²) >= 11 is 0. The number of rotatable bonds is 11. The van der Waals surface area contributed by atoms with Gasteiger partial charge < -0.3 is 23.2 Å². The van der Waals surface area contributed by atoms with Crippen molar-refractivity contribution in [2.45, 2.75) is 33.5 Å². The highest BCUT2D eigenvalue weighted by Gasteiger charge is 2.24. The van der Waals surface area contributed by atoms with Gasteiger partial charge in [0.15, 0.2) is 11.9 Å². The second-order valence-corrected chi connectivity index (χ2v) is 8.94. The van der Waals surface area contributed by atoms with Gasteiger partial charge in [-0.3, -0.25) is 14.9 Å². The Morgan fingerprint density at radius 3 is 2.44 bits per heavy atom. The molecule has 41 heavy (non-hydrogen) atoms. The number of hydrogen-bond acceptors (Lipinski definition) is 9. The fourth-order valence-corrected chi connectivity index (χ4v) is 4.02. The molecular formula is C29H28N4O8. The lowest BCUT2D eigenvalue weighted by Crippen LogP contribution is -2.25. The molecule has 0 saturated heterocycles. The first kappa shape index (κ1) is 28.6. The Bertz CT molecular complexity index is 1570. The minimum Gasteiger partial charge on any atom is -0.486 e. The van der Waals surface area contributed by atoms with E-state index < -0.39 is 22.9 Å². The van der Waals surface area contributed by atoms with Crippen molar-refractivity contribution >= 4 is 23.8 Å². The maximum absolute atomic E-state index is 12.5. The molecule has 2 aromatic heterocycles. The van der Waals surface area contributed by atoms with Crippen LogP contribution >= 0.6 is 0 Å². The number of hydrogen-bond donors (Lipinski definition) is 1. The van der Waals surface area contributed by atoms with Crippen LogP contribution in [0.15, 0.2) is 76.2 Å². The molecule has 0 spiro atoms. The quantitative estimate of drug-likeness (QED) is 0.118. The molecule has 0 aliphatic carbocycles. The molecule has 1 N–H and O–H groups in total. The molecule has 0 bridgehead atoms. The standard InChI is InChI=1S/C29H28N4O8/c1-18-8-9-19(2)32(18)22-10-12-23(13-11-22)39-17-24-14-15-26(41-24)28(34)31-30-16-21-6-5-7-25(33(36)37)27(21)40-20(3)29(35)38-4/h5-16,20H,17H2,1-4H3,(H,31,34)/b30-16+/t20-/m0/s1. The summed E-state index contributed by atoms with van der Waals surface area (Å²) < 4.78 is 23.6. The van der Waals surface area contributed by atoms with Gasteiger partial charge in [0.1, 0.15) is 18.1 Å². The van der Waals surface area contributed by atoms with Crippen LogP contribution in [0.25, 0.3) is 5.69 Å². The summed E-state index contributed by atoms with van der Waals surface area (Å²) in [6.07, 6.45) is 0.0507. The van der Waals surface area contributed by atoms with E-state index in [2.05, 4.69) is 32.0 Å². The fraction of sp³-hybridized carbons (Fsp3) is 0.207. The van der Waals surface area contributed by atoms with Crippen LogP contribution in [-0.4, -0.2) is 40.8 Å². The number of carbonyl (C=O) groups is 2. The number of esters is 1. The first-order valence-electron chi connectivity index (χ1n) is 12.5. The Kier molecular flexibility index (Phi) is 8.82. The number of para-hydroxylation sites is 1. The van der Waals surface area contributed by atoms with Gasteiger partial charge in [-0.25, -0.2) is 10.2 Å². The lowest BCUT2D eigenvalue weighted by molar-refractivity contribution is -0.386. The number of methoxy groups -OCH3 is 1. The summed E-state index contributed by atoms with van der Waals surface area (Å²) in [4.78, 5) is 35.1. The van der Waals surface area contributed by atoms with Crippen molar-refractivity contribution in [3.8, 4) is 17.2 Å². The van der Waals surface area contributed by atoms with Crippen LogP contribution in [0.4, 0.5) is 5.69 Å². The van der Waals surface area contributed by atoms with Gasteiger partial charge in [0.05, 0.1) is 18.2 Å². The zero-order valence-corrected chi connectivity index (χ0v) is 22.8. The van der Waals surface area contributed by atoms with E-state index in [1.54, 1.807) is 6.07 Å². The average molecular weight is 561 g/mol. The summed E-state index contributed by atoms with van der Waals surface area (Å²) in [5.74, 6) is -0.505. The Hall–Kier alpha value is -5.39. The number of furan rings is 1. The van der Waals surface area contributed by atoms with Gasteiger partial charge in [-0.1, -0.05) is 6.07 Å². The third-order valence-electron chi connectivity index (χ3n) is 6.05. The molecule has 2 aromatic carbocycles. The minimum atomic E-state index is -1.11. The largest absolute Gasteiger partial charge is 0.486 e. The lowest BCUT2D eigenvalue weighted by Gasteiger charge is -2.14. The van der Waals surface area contributed by atoms with Gasteiger partial charge in [-0.05, 0) is 75.4 Å². The Labute approximate surface area is 235 Å². The van der Waals surface area contributed by atoms with Crippen LogP contribution in [-0.2, 0) is 16.1 Å². The molecule has 4 aromatic rings. The molecule has 1 atom stereocenters. The van der Waals surface area contributed by atoms with Crippen molar-refractivity contribution in [2.75, 3.05) is 7.11 Å². The molecule has 0 radical (unpaired) electrons. The Morgan fingerprint density at radius 1 is 1.07 bits per heavy atom. The van der Waals surface area contributed by atoms with Crippen LogP contribution in [0, 0.1) is 24.0 Å². The maximum Gasteiger partial charge on any atom is 0.346 e. The zero-order valence-electron chi connectivity index (χ0n) is 22.8. The minimum absolute atomic E-state index is 0.00974. The molecule has 0 fully saturated rings. The molecule has 2 heterocycles. The average Bonchev–Trinajstić information content (AvgIpc) is 3.58.